The van der Waals surface area contributed by atoms with Gasteiger partial charge in [0.2, 0.25) is 5.95 Å². The normalized spacial score (nSPS) is 10.2. The molecule has 0 saturated carbocycles. The second-order valence-corrected chi connectivity index (χ2v) is 4.33. The number of aromatic nitrogens is 4. The molecule has 17 heavy (non-hydrogen) atoms. The number of aryl methyl sites for hydroxylation is 1. The van der Waals surface area contributed by atoms with E-state index < -0.39 is 0 Å². The van der Waals surface area contributed by atoms with Gasteiger partial charge in [-0.25, -0.2) is 10.1 Å². The van der Waals surface area contributed by atoms with E-state index in [-0.39, 0.29) is 17.9 Å². The van der Waals surface area contributed by atoms with Gasteiger partial charge in [0, 0.05) is 0 Å². The molecule has 2 aromatic rings. The van der Waals surface area contributed by atoms with Crippen molar-refractivity contribution in [2.24, 2.45) is 0 Å². The van der Waals surface area contributed by atoms with Crippen molar-refractivity contribution < 1.29 is 9.53 Å². The molecule has 0 fully saturated rings. The van der Waals surface area contributed by atoms with Gasteiger partial charge in [-0.1, -0.05) is 0 Å². The van der Waals surface area contributed by atoms with Crippen LogP contribution in [0.3, 0.4) is 0 Å². The molecule has 2 rings (SSSR count). The zero-order valence-electron chi connectivity index (χ0n) is 9.35. The van der Waals surface area contributed by atoms with E-state index in [0.29, 0.717) is 11.5 Å². The average molecular weight is 253 g/mol. The maximum atomic E-state index is 11.7. The fourth-order valence-corrected chi connectivity index (χ4v) is 1.80. The van der Waals surface area contributed by atoms with Crippen LogP contribution < -0.4 is 10.1 Å². The molecule has 0 atom stereocenters. The number of nitrogens with one attached hydrogen (secondary N) is 2. The number of anilines is 1. The topological polar surface area (TPSA) is 92.8 Å². The van der Waals surface area contributed by atoms with Gasteiger partial charge >= 0.3 is 6.01 Å². The van der Waals surface area contributed by atoms with Crippen LogP contribution >= 0.6 is 11.3 Å². The van der Waals surface area contributed by atoms with Crippen molar-refractivity contribution in [1.29, 1.82) is 0 Å². The van der Waals surface area contributed by atoms with Crippen LogP contribution in [0, 0.1) is 6.92 Å². The molecule has 0 aliphatic heterocycles. The maximum absolute atomic E-state index is 11.7. The summed E-state index contributed by atoms with van der Waals surface area (Å²) in [6.45, 7) is 4.14. The van der Waals surface area contributed by atoms with Crippen LogP contribution in [-0.2, 0) is 0 Å². The molecular formula is C9H11N5O2S. The summed E-state index contributed by atoms with van der Waals surface area (Å²) in [4.78, 5) is 20.2. The van der Waals surface area contributed by atoms with E-state index in [1.54, 1.807) is 0 Å². The number of ether oxygens (including phenoxy) is 1. The Hall–Kier alpha value is -1.96. The highest BCUT2D eigenvalue weighted by Crippen LogP contribution is 2.13. The highest BCUT2D eigenvalue weighted by molar-refractivity contribution is 7.13. The first kappa shape index (κ1) is 11.5. The molecule has 90 valence electrons. The minimum atomic E-state index is -0.269. The van der Waals surface area contributed by atoms with Crippen LogP contribution in [0.5, 0.6) is 6.01 Å². The third-order valence-corrected chi connectivity index (χ3v) is 2.73. The number of carbonyl (C=O) groups is 1. The van der Waals surface area contributed by atoms with Crippen LogP contribution in [0.2, 0.25) is 0 Å². The van der Waals surface area contributed by atoms with Crippen molar-refractivity contribution in [2.75, 3.05) is 11.9 Å². The second kappa shape index (κ2) is 4.91. The van der Waals surface area contributed by atoms with Gasteiger partial charge in [0.1, 0.15) is 4.88 Å². The van der Waals surface area contributed by atoms with E-state index in [4.69, 9.17) is 4.74 Å². The highest BCUT2D eigenvalue weighted by Gasteiger charge is 2.12. The number of thiazole rings is 1. The molecule has 8 heteroatoms. The zero-order valence-corrected chi connectivity index (χ0v) is 10.2. The summed E-state index contributed by atoms with van der Waals surface area (Å²) in [7, 11) is 0. The highest BCUT2D eigenvalue weighted by atomic mass is 32.1. The predicted octanol–water partition coefficient (Wildman–Crippen LogP) is 1.22. The van der Waals surface area contributed by atoms with E-state index in [1.807, 2.05) is 13.8 Å². The van der Waals surface area contributed by atoms with Crippen LogP contribution in [0.15, 0.2) is 6.20 Å². The Balaban J connectivity index is 2.02. The lowest BCUT2D eigenvalue weighted by molar-refractivity contribution is 0.102. The molecule has 0 aliphatic carbocycles. The van der Waals surface area contributed by atoms with Crippen molar-refractivity contribution in [3.05, 3.63) is 16.1 Å². The Morgan fingerprint density at radius 3 is 3.12 bits per heavy atom. The quantitative estimate of drug-likeness (QED) is 0.854. The lowest BCUT2D eigenvalue weighted by atomic mass is 10.5. The third kappa shape index (κ3) is 2.78. The van der Waals surface area contributed by atoms with Crippen molar-refractivity contribution in [1.82, 2.24) is 20.2 Å². The molecule has 0 aliphatic rings. The number of aromatic amines is 1. The van der Waals surface area contributed by atoms with Crippen molar-refractivity contribution in [2.45, 2.75) is 13.8 Å². The first-order valence-corrected chi connectivity index (χ1v) is 5.79. The van der Waals surface area contributed by atoms with Gasteiger partial charge < -0.3 is 4.74 Å². The molecule has 2 aromatic heterocycles. The summed E-state index contributed by atoms with van der Waals surface area (Å²) in [5.74, 6) is -0.0145. The minimum absolute atomic E-state index is 0.211. The number of nitrogens with zero attached hydrogens (tertiary/aromatic N) is 3. The number of hydrogen-bond donors (Lipinski definition) is 2. The monoisotopic (exact) mass is 253 g/mol. The van der Waals surface area contributed by atoms with Gasteiger partial charge in [-0.15, -0.1) is 16.4 Å². The van der Waals surface area contributed by atoms with Gasteiger partial charge in [-0.3, -0.25) is 10.1 Å². The van der Waals surface area contributed by atoms with Crippen molar-refractivity contribution in [3.63, 3.8) is 0 Å². The first-order valence-electron chi connectivity index (χ1n) is 4.98. The Morgan fingerprint density at radius 2 is 2.47 bits per heavy atom. The minimum Gasteiger partial charge on any atom is -0.463 e. The largest absolute Gasteiger partial charge is 0.463 e. The van der Waals surface area contributed by atoms with Gasteiger partial charge in [0.05, 0.1) is 17.8 Å². The smallest absolute Gasteiger partial charge is 0.337 e. The summed E-state index contributed by atoms with van der Waals surface area (Å²) in [5, 5.41) is 9.75. The third-order valence-electron chi connectivity index (χ3n) is 1.82. The number of amides is 1. The van der Waals surface area contributed by atoms with E-state index in [9.17, 15) is 4.79 Å². The molecule has 7 nitrogen and oxygen atoms in total. The van der Waals surface area contributed by atoms with Crippen LogP contribution in [0.4, 0.5) is 5.95 Å². The van der Waals surface area contributed by atoms with E-state index in [0.717, 1.165) is 5.01 Å². The van der Waals surface area contributed by atoms with Crippen molar-refractivity contribution >= 4 is 23.2 Å². The van der Waals surface area contributed by atoms with Gasteiger partial charge in [-0.05, 0) is 13.8 Å². The van der Waals surface area contributed by atoms with E-state index in [1.165, 1.54) is 17.5 Å². The maximum Gasteiger partial charge on any atom is 0.337 e. The molecule has 1 amide bonds. The zero-order chi connectivity index (χ0) is 12.3. The van der Waals surface area contributed by atoms with Gasteiger partial charge in [-0.2, -0.15) is 4.98 Å². The molecule has 2 N–H and O–H groups in total. The fourth-order valence-electron chi connectivity index (χ4n) is 1.13. The van der Waals surface area contributed by atoms with Crippen LogP contribution in [0.25, 0.3) is 0 Å². The molecule has 0 saturated heterocycles. The number of carbonyl (C=O) groups excluding carboxylic acids is 1. The molecule has 2 heterocycles. The van der Waals surface area contributed by atoms with Crippen LogP contribution in [-0.4, -0.2) is 32.7 Å². The van der Waals surface area contributed by atoms with Gasteiger partial charge in [0.25, 0.3) is 5.91 Å². The SMILES string of the molecule is CCOc1n[nH]c(NC(=O)c2cnc(C)s2)n1. The van der Waals surface area contributed by atoms with E-state index >= 15 is 0 Å². The Kier molecular flexibility index (Phi) is 3.33. The summed E-state index contributed by atoms with van der Waals surface area (Å²) in [5.41, 5.74) is 0. The van der Waals surface area contributed by atoms with Crippen LogP contribution in [0.1, 0.15) is 21.6 Å². The van der Waals surface area contributed by atoms with Gasteiger partial charge in [0.15, 0.2) is 0 Å². The molecule has 0 radical (unpaired) electrons. The lowest BCUT2D eigenvalue weighted by Crippen LogP contribution is -2.11. The van der Waals surface area contributed by atoms with Crippen molar-refractivity contribution in [3.8, 4) is 6.01 Å². The number of rotatable bonds is 4. The fraction of sp³-hybridized carbons (Fsp3) is 0.333. The summed E-state index contributed by atoms with van der Waals surface area (Å²) < 4.78 is 5.06. The summed E-state index contributed by atoms with van der Waals surface area (Å²) in [6, 6.07) is 0.211. The Morgan fingerprint density at radius 1 is 1.65 bits per heavy atom. The summed E-state index contributed by atoms with van der Waals surface area (Å²) >= 11 is 1.32. The standard InChI is InChI=1S/C9H11N5O2S/c1-3-16-9-12-8(13-14-9)11-7(15)6-4-10-5(2)17-6/h4H,3H2,1-2H3,(H2,11,12,13,14,15). The number of H-pyrrole nitrogens is 1. The average Bonchev–Trinajstić information content (AvgIpc) is 2.88. The molecule has 0 unspecified atom stereocenters. The lowest BCUT2D eigenvalue weighted by Gasteiger charge is -1.96. The summed E-state index contributed by atoms with van der Waals surface area (Å²) in [6.07, 6.45) is 1.52. The molecule has 0 spiro atoms. The molecule has 0 aromatic carbocycles. The first-order chi connectivity index (χ1) is 8.19. The molecule has 0 bridgehead atoms. The Bertz CT molecular complexity index is 521. The number of hydrogen-bond acceptors (Lipinski definition) is 6. The molecular weight excluding hydrogens is 242 g/mol. The second-order valence-electron chi connectivity index (χ2n) is 3.10. The Labute approximate surface area is 101 Å². The predicted molar refractivity (Wildman–Crippen MR) is 62.4 cm³/mol. The van der Waals surface area contributed by atoms with E-state index in [2.05, 4.69) is 25.5 Å².